The molecule has 1 unspecified atom stereocenters. The molecule has 2 N–H and O–H groups in total. The maximum Gasteiger partial charge on any atom is 0.300 e. The molecule has 5 nitrogen and oxygen atoms in total. The molecule has 0 heterocycles. The molecular weight excluding hydrogens is 194 g/mol. The number of hydrogen-bond acceptors (Lipinski definition) is 4. The molecule has 0 spiro atoms. The van der Waals surface area contributed by atoms with Crippen LogP contribution in [0.1, 0.15) is 26.7 Å². The Hall–Kier alpha value is -1.19. The van der Waals surface area contributed by atoms with Crippen LogP contribution in [0, 0.1) is 5.41 Å². The molecule has 0 saturated carbocycles. The molecule has 88 valence electrons. The van der Waals surface area contributed by atoms with Crippen LogP contribution in [0.3, 0.4) is 0 Å². The first kappa shape index (κ1) is 16.2. The zero-order valence-electron chi connectivity index (χ0n) is 9.95. The van der Waals surface area contributed by atoms with Gasteiger partial charge in [-0.1, -0.05) is 0 Å². The van der Waals surface area contributed by atoms with Crippen molar-refractivity contribution < 1.29 is 9.90 Å². The average molecular weight is 215 g/mol. The first-order valence-electron chi connectivity index (χ1n) is 4.86. The van der Waals surface area contributed by atoms with Crippen molar-refractivity contribution in [2.45, 2.75) is 32.7 Å². The van der Waals surface area contributed by atoms with E-state index in [1.54, 1.807) is 0 Å². The minimum Gasteiger partial charge on any atom is -0.481 e. The van der Waals surface area contributed by atoms with Crippen LogP contribution in [0.4, 0.5) is 0 Å². The Morgan fingerprint density at radius 2 is 2.07 bits per heavy atom. The first-order chi connectivity index (χ1) is 6.90. The fourth-order valence-electron chi connectivity index (χ4n) is 0.878. The molecular formula is C10H21N3O2. The number of carbonyl (C=O) groups is 1. The smallest absolute Gasteiger partial charge is 0.300 e. The molecule has 0 aromatic carbocycles. The zero-order chi connectivity index (χ0) is 12.3. The predicted octanol–water partition coefficient (Wildman–Crippen LogP) is 1.56. The third-order valence-electron chi connectivity index (χ3n) is 1.51. The van der Waals surface area contributed by atoms with E-state index in [2.05, 4.69) is 30.0 Å². The lowest BCUT2D eigenvalue weighted by atomic mass is 10.2. The molecule has 1 atom stereocenters. The molecule has 0 aliphatic carbocycles. The maximum atomic E-state index is 9.00. The molecule has 0 aliphatic rings. The van der Waals surface area contributed by atoms with Crippen LogP contribution in [-0.2, 0) is 4.79 Å². The van der Waals surface area contributed by atoms with E-state index >= 15 is 0 Å². The summed E-state index contributed by atoms with van der Waals surface area (Å²) in [5.41, 5.74) is 0. The third kappa shape index (κ3) is 24.5. The minimum atomic E-state index is -0.833. The Balaban J connectivity index is 0. The molecule has 0 aromatic heterocycles. The summed E-state index contributed by atoms with van der Waals surface area (Å²) >= 11 is 0. The van der Waals surface area contributed by atoms with Crippen molar-refractivity contribution >= 4 is 12.0 Å². The Morgan fingerprint density at radius 1 is 1.60 bits per heavy atom. The predicted molar refractivity (Wildman–Crippen MR) is 60.7 cm³/mol. The highest BCUT2D eigenvalue weighted by molar-refractivity contribution is 5.62. The minimum absolute atomic E-state index is 0.257. The van der Waals surface area contributed by atoms with Gasteiger partial charge in [-0.15, -0.1) is 0 Å². The lowest BCUT2D eigenvalue weighted by Crippen LogP contribution is -2.14. The molecule has 0 amide bonds. The van der Waals surface area contributed by atoms with Gasteiger partial charge in [0.2, 0.25) is 0 Å². The van der Waals surface area contributed by atoms with Crippen LogP contribution < -0.4 is 0 Å². The number of aliphatic imine (C=N–C) groups is 1. The van der Waals surface area contributed by atoms with Crippen LogP contribution in [0.15, 0.2) is 4.99 Å². The normalized spacial score (nSPS) is 11.0. The number of hydrogen-bond donors (Lipinski definition) is 2. The van der Waals surface area contributed by atoms with E-state index in [0.717, 1.165) is 26.3 Å². The van der Waals surface area contributed by atoms with Crippen molar-refractivity contribution in [2.24, 2.45) is 4.99 Å². The number of aliphatic carboxylic acids is 1. The zero-order valence-corrected chi connectivity index (χ0v) is 9.95. The highest BCUT2D eigenvalue weighted by atomic mass is 16.4. The van der Waals surface area contributed by atoms with Crippen LogP contribution in [0.5, 0.6) is 0 Å². The number of carboxylic acid groups (broad SMARTS) is 1. The van der Waals surface area contributed by atoms with Gasteiger partial charge in [-0.05, 0) is 40.4 Å². The van der Waals surface area contributed by atoms with E-state index in [1.165, 1.54) is 0 Å². The number of nitrogens with one attached hydrogen (secondary N) is 1. The second-order valence-electron chi connectivity index (χ2n) is 3.55. The Kier molecular flexibility index (Phi) is 11.8. The SMILES string of the molecule is CC(=O)O.CC(CCCN(C)C)N=C=N. The summed E-state index contributed by atoms with van der Waals surface area (Å²) in [5.74, 6) is -0.833. The quantitative estimate of drug-likeness (QED) is 0.683. The molecule has 0 rings (SSSR count). The van der Waals surface area contributed by atoms with E-state index < -0.39 is 5.97 Å². The van der Waals surface area contributed by atoms with Gasteiger partial charge in [0, 0.05) is 6.92 Å². The summed E-state index contributed by atoms with van der Waals surface area (Å²) in [6.45, 7) is 4.19. The van der Waals surface area contributed by atoms with Crippen molar-refractivity contribution in [3.05, 3.63) is 0 Å². The molecule has 0 aliphatic heterocycles. The Morgan fingerprint density at radius 3 is 2.40 bits per heavy atom. The van der Waals surface area contributed by atoms with Gasteiger partial charge < -0.3 is 10.0 Å². The summed E-state index contributed by atoms with van der Waals surface area (Å²) < 4.78 is 0. The number of carboxylic acids is 1. The van der Waals surface area contributed by atoms with E-state index in [-0.39, 0.29) is 6.04 Å². The van der Waals surface area contributed by atoms with Crippen molar-refractivity contribution in [3.8, 4) is 0 Å². The monoisotopic (exact) mass is 215 g/mol. The van der Waals surface area contributed by atoms with E-state index in [1.807, 2.05) is 6.92 Å². The largest absolute Gasteiger partial charge is 0.481 e. The third-order valence-corrected chi connectivity index (χ3v) is 1.51. The van der Waals surface area contributed by atoms with Crippen LogP contribution in [0.25, 0.3) is 0 Å². The van der Waals surface area contributed by atoms with E-state index in [0.29, 0.717) is 0 Å². The summed E-state index contributed by atoms with van der Waals surface area (Å²) in [6, 6.07) is 2.32. The van der Waals surface area contributed by atoms with E-state index in [4.69, 9.17) is 15.3 Å². The fraction of sp³-hybridized carbons (Fsp3) is 0.800. The Bertz CT molecular complexity index is 207. The number of nitrogens with zero attached hydrogens (tertiary/aromatic N) is 2. The second kappa shape index (κ2) is 10.9. The molecule has 0 bridgehead atoms. The summed E-state index contributed by atoms with van der Waals surface area (Å²) in [5, 5.41) is 14.0. The molecule has 15 heavy (non-hydrogen) atoms. The van der Waals surface area contributed by atoms with Gasteiger partial charge in [0.05, 0.1) is 12.1 Å². The van der Waals surface area contributed by atoms with Gasteiger partial charge in [0.15, 0.2) is 0 Å². The molecule has 0 fully saturated rings. The van der Waals surface area contributed by atoms with Crippen molar-refractivity contribution in [1.29, 1.82) is 5.41 Å². The lowest BCUT2D eigenvalue weighted by molar-refractivity contribution is -0.134. The van der Waals surface area contributed by atoms with Crippen LogP contribution >= 0.6 is 0 Å². The standard InChI is InChI=1S/C8H17N3.C2H4O2/c1-8(10-7-9)5-4-6-11(2)3;1-2(3)4/h8-9H,4-6H2,1-3H3;1H3,(H,3,4). The van der Waals surface area contributed by atoms with Crippen molar-refractivity contribution in [1.82, 2.24) is 4.90 Å². The molecule has 0 aromatic rings. The second-order valence-corrected chi connectivity index (χ2v) is 3.55. The molecule has 0 saturated heterocycles. The Labute approximate surface area is 91.3 Å². The van der Waals surface area contributed by atoms with Gasteiger partial charge in [-0.25, -0.2) is 10.4 Å². The van der Waals surface area contributed by atoms with Crippen molar-refractivity contribution in [2.75, 3.05) is 20.6 Å². The highest BCUT2D eigenvalue weighted by Gasteiger charge is 1.97. The lowest BCUT2D eigenvalue weighted by Gasteiger charge is -2.09. The topological polar surface area (TPSA) is 76.8 Å². The summed E-state index contributed by atoms with van der Waals surface area (Å²) in [6.07, 6.45) is 2.18. The summed E-state index contributed by atoms with van der Waals surface area (Å²) in [7, 11) is 4.12. The molecule has 0 radical (unpaired) electrons. The number of rotatable bonds is 5. The average Bonchev–Trinajstić information content (AvgIpc) is 2.02. The van der Waals surface area contributed by atoms with Gasteiger partial charge in [-0.3, -0.25) is 4.79 Å². The van der Waals surface area contributed by atoms with Crippen LogP contribution in [-0.4, -0.2) is 48.7 Å². The van der Waals surface area contributed by atoms with E-state index in [9.17, 15) is 0 Å². The highest BCUT2D eigenvalue weighted by Crippen LogP contribution is 1.99. The van der Waals surface area contributed by atoms with Gasteiger partial charge in [0.25, 0.3) is 5.97 Å². The fourth-order valence-corrected chi connectivity index (χ4v) is 0.878. The van der Waals surface area contributed by atoms with Crippen LogP contribution in [0.2, 0.25) is 0 Å². The van der Waals surface area contributed by atoms with Gasteiger partial charge in [-0.2, -0.15) is 0 Å². The summed E-state index contributed by atoms with van der Waals surface area (Å²) in [4.78, 5) is 15.0. The van der Waals surface area contributed by atoms with Gasteiger partial charge in [0.1, 0.15) is 0 Å². The van der Waals surface area contributed by atoms with Gasteiger partial charge >= 0.3 is 0 Å². The molecule has 5 heteroatoms. The first-order valence-corrected chi connectivity index (χ1v) is 4.86. The maximum absolute atomic E-state index is 9.00. The van der Waals surface area contributed by atoms with Crippen molar-refractivity contribution in [3.63, 3.8) is 0 Å².